The van der Waals surface area contributed by atoms with Crippen molar-refractivity contribution >= 4 is 5.97 Å². The van der Waals surface area contributed by atoms with Crippen LogP contribution in [0.2, 0.25) is 0 Å². The number of aliphatic hydroxyl groups is 3. The zero-order valence-corrected chi connectivity index (χ0v) is 9.00. The molecule has 5 nitrogen and oxygen atoms in total. The number of rotatable bonds is 3. The molecule has 0 atom stereocenters. The first-order chi connectivity index (χ1) is 7.51. The Labute approximate surface area is 93.6 Å². The lowest BCUT2D eigenvalue weighted by Gasteiger charge is -1.96. The highest BCUT2D eigenvalue weighted by Crippen LogP contribution is 2.02. The van der Waals surface area contributed by atoms with Gasteiger partial charge in [0, 0.05) is 0 Å². The van der Waals surface area contributed by atoms with Gasteiger partial charge >= 0.3 is 5.97 Å². The van der Waals surface area contributed by atoms with Crippen LogP contribution in [0.15, 0.2) is 24.3 Å². The zero-order chi connectivity index (χ0) is 12.6. The van der Waals surface area contributed by atoms with Crippen LogP contribution in [0.5, 0.6) is 0 Å². The first-order valence-corrected chi connectivity index (χ1v) is 4.71. The molecule has 0 radical (unpaired) electrons. The Hall–Kier alpha value is -1.43. The summed E-state index contributed by atoms with van der Waals surface area (Å²) in [6, 6.07) is 6.82. The topological polar surface area (TPSA) is 98.0 Å². The monoisotopic (exact) mass is 228 g/mol. The van der Waals surface area contributed by atoms with Crippen molar-refractivity contribution in [2.45, 2.75) is 13.0 Å². The molecular weight excluding hydrogens is 212 g/mol. The lowest BCUT2D eigenvalue weighted by molar-refractivity contribution is 0.0450. The second-order valence-corrected chi connectivity index (χ2v) is 3.19. The Morgan fingerprint density at radius 1 is 1.31 bits per heavy atom. The predicted octanol–water partition coefficient (Wildman–Crippen LogP) is 0.0251. The summed E-state index contributed by atoms with van der Waals surface area (Å²) in [5.74, 6) is -0.872. The van der Waals surface area contributed by atoms with Gasteiger partial charge in [-0.1, -0.05) is 17.7 Å². The summed E-state index contributed by atoms with van der Waals surface area (Å²) in [5.41, 5.74) is 1.32. The molecule has 0 saturated heterocycles. The lowest BCUT2D eigenvalue weighted by atomic mass is 10.1. The van der Waals surface area contributed by atoms with E-state index in [1.165, 1.54) is 0 Å². The second kappa shape index (κ2) is 7.81. The van der Waals surface area contributed by atoms with Crippen LogP contribution in [0.25, 0.3) is 0 Å². The molecular formula is C11H16O5. The average Bonchev–Trinajstić information content (AvgIpc) is 2.28. The minimum atomic E-state index is -0.954. The van der Waals surface area contributed by atoms with Gasteiger partial charge in [-0.05, 0) is 19.1 Å². The van der Waals surface area contributed by atoms with E-state index in [0.29, 0.717) is 5.56 Å². The highest BCUT2D eigenvalue weighted by molar-refractivity contribution is 5.87. The average molecular weight is 228 g/mol. The van der Waals surface area contributed by atoms with E-state index in [1.54, 1.807) is 18.2 Å². The Kier molecular flexibility index (Phi) is 7.11. The van der Waals surface area contributed by atoms with E-state index in [9.17, 15) is 4.79 Å². The summed E-state index contributed by atoms with van der Waals surface area (Å²) in [4.78, 5) is 10.4. The third-order valence-electron chi connectivity index (χ3n) is 1.69. The van der Waals surface area contributed by atoms with Crippen molar-refractivity contribution in [1.29, 1.82) is 0 Å². The van der Waals surface area contributed by atoms with Crippen molar-refractivity contribution in [2.24, 2.45) is 0 Å². The smallest absolute Gasteiger partial charge is 0.335 e. The predicted molar refractivity (Wildman–Crippen MR) is 58.3 cm³/mol. The normalized spacial score (nSPS) is 9.56. The van der Waals surface area contributed by atoms with Gasteiger partial charge in [0.1, 0.15) is 6.10 Å². The van der Waals surface area contributed by atoms with E-state index < -0.39 is 12.1 Å². The van der Waals surface area contributed by atoms with Crippen molar-refractivity contribution < 1.29 is 25.2 Å². The van der Waals surface area contributed by atoms with E-state index in [0.717, 1.165) is 5.56 Å². The number of carbonyl (C=O) groups is 1. The van der Waals surface area contributed by atoms with Crippen LogP contribution in [-0.2, 0) is 0 Å². The highest BCUT2D eigenvalue weighted by atomic mass is 16.4. The van der Waals surface area contributed by atoms with Gasteiger partial charge in [-0.2, -0.15) is 0 Å². The Morgan fingerprint density at radius 3 is 2.12 bits per heavy atom. The zero-order valence-electron chi connectivity index (χ0n) is 9.00. The fourth-order valence-electron chi connectivity index (χ4n) is 0.836. The van der Waals surface area contributed by atoms with Gasteiger partial charge in [-0.25, -0.2) is 4.79 Å². The van der Waals surface area contributed by atoms with E-state index in [-0.39, 0.29) is 13.2 Å². The fraction of sp³-hybridized carbons (Fsp3) is 0.364. The number of aromatic carboxylic acids is 1. The summed E-state index contributed by atoms with van der Waals surface area (Å²) in [7, 11) is 0. The standard InChI is InChI=1S/C8H8O2.C3H8O3/c1-6-3-2-4-7(5-6)8(9)10;4-1-3(6)2-5/h2-5H,1H3,(H,9,10);3-6H,1-2H2. The fourth-order valence-corrected chi connectivity index (χ4v) is 0.836. The molecule has 0 amide bonds. The summed E-state index contributed by atoms with van der Waals surface area (Å²) in [5, 5.41) is 32.5. The van der Waals surface area contributed by atoms with Crippen LogP contribution in [0.4, 0.5) is 0 Å². The molecule has 0 aliphatic rings. The number of carboxylic acid groups (broad SMARTS) is 1. The first kappa shape index (κ1) is 14.6. The van der Waals surface area contributed by atoms with Crippen LogP contribution in [0.1, 0.15) is 15.9 Å². The molecule has 4 N–H and O–H groups in total. The van der Waals surface area contributed by atoms with E-state index >= 15 is 0 Å². The molecule has 0 spiro atoms. The van der Waals surface area contributed by atoms with Crippen LogP contribution in [-0.4, -0.2) is 45.7 Å². The largest absolute Gasteiger partial charge is 0.478 e. The summed E-state index contributed by atoms with van der Waals surface area (Å²) in [6.07, 6.45) is -0.954. The number of carboxylic acids is 1. The maximum absolute atomic E-state index is 10.4. The minimum Gasteiger partial charge on any atom is -0.478 e. The lowest BCUT2D eigenvalue weighted by Crippen LogP contribution is -2.15. The van der Waals surface area contributed by atoms with Crippen molar-refractivity contribution in [3.8, 4) is 0 Å². The van der Waals surface area contributed by atoms with Crippen LogP contribution in [0.3, 0.4) is 0 Å². The number of hydrogen-bond acceptors (Lipinski definition) is 4. The van der Waals surface area contributed by atoms with Gasteiger partial charge in [0.25, 0.3) is 0 Å². The van der Waals surface area contributed by atoms with Gasteiger partial charge in [0.15, 0.2) is 0 Å². The SMILES string of the molecule is Cc1cccc(C(=O)O)c1.OCC(O)CO. The van der Waals surface area contributed by atoms with Crippen molar-refractivity contribution in [3.05, 3.63) is 35.4 Å². The molecule has 1 rings (SSSR count). The number of hydrogen-bond donors (Lipinski definition) is 4. The Balaban J connectivity index is 0.000000325. The van der Waals surface area contributed by atoms with Crippen molar-refractivity contribution in [1.82, 2.24) is 0 Å². The molecule has 0 bridgehead atoms. The Morgan fingerprint density at radius 2 is 1.88 bits per heavy atom. The van der Waals surface area contributed by atoms with Crippen LogP contribution < -0.4 is 0 Å². The number of aliphatic hydroxyl groups excluding tert-OH is 3. The molecule has 1 aromatic rings. The molecule has 0 heterocycles. The molecule has 0 aliphatic carbocycles. The Bertz CT molecular complexity index is 320. The summed E-state index contributed by atoms with van der Waals surface area (Å²) in [6.45, 7) is 1.14. The van der Waals surface area contributed by atoms with E-state index in [1.807, 2.05) is 13.0 Å². The van der Waals surface area contributed by atoms with Gasteiger partial charge in [0.2, 0.25) is 0 Å². The van der Waals surface area contributed by atoms with Gasteiger partial charge in [-0.3, -0.25) is 0 Å². The van der Waals surface area contributed by atoms with Gasteiger partial charge < -0.3 is 20.4 Å². The summed E-state index contributed by atoms with van der Waals surface area (Å²) >= 11 is 0. The van der Waals surface area contributed by atoms with Crippen molar-refractivity contribution in [3.63, 3.8) is 0 Å². The minimum absolute atomic E-state index is 0.347. The maximum atomic E-state index is 10.4. The molecule has 16 heavy (non-hydrogen) atoms. The van der Waals surface area contributed by atoms with Crippen LogP contribution in [0, 0.1) is 6.92 Å². The highest BCUT2D eigenvalue weighted by Gasteiger charge is 1.99. The quantitative estimate of drug-likeness (QED) is 0.585. The van der Waals surface area contributed by atoms with Crippen LogP contribution >= 0.6 is 0 Å². The molecule has 0 aliphatic heterocycles. The molecule has 0 fully saturated rings. The molecule has 1 aromatic carbocycles. The molecule has 0 aromatic heterocycles. The molecule has 90 valence electrons. The first-order valence-electron chi connectivity index (χ1n) is 4.71. The third kappa shape index (κ3) is 6.13. The molecule has 5 heteroatoms. The maximum Gasteiger partial charge on any atom is 0.335 e. The second-order valence-electron chi connectivity index (χ2n) is 3.19. The molecule has 0 unspecified atom stereocenters. The van der Waals surface area contributed by atoms with Gasteiger partial charge in [0.05, 0.1) is 18.8 Å². The molecule has 0 saturated carbocycles. The van der Waals surface area contributed by atoms with Gasteiger partial charge in [-0.15, -0.1) is 0 Å². The van der Waals surface area contributed by atoms with Crippen molar-refractivity contribution in [2.75, 3.05) is 13.2 Å². The summed E-state index contributed by atoms with van der Waals surface area (Å²) < 4.78 is 0. The number of aryl methyl sites for hydroxylation is 1. The van der Waals surface area contributed by atoms with E-state index in [2.05, 4.69) is 0 Å². The third-order valence-corrected chi connectivity index (χ3v) is 1.69. The van der Waals surface area contributed by atoms with E-state index in [4.69, 9.17) is 20.4 Å². The number of benzene rings is 1.